The molecule has 168 valence electrons. The van der Waals surface area contributed by atoms with Crippen molar-refractivity contribution in [3.05, 3.63) is 0 Å². The SMILES string of the molecule is CCOC(C)([O-])OCC.CCOC(C)([O-])OCC.CCOC(C)([O-])OCC.[Al+3]. The van der Waals surface area contributed by atoms with Gasteiger partial charge in [-0.05, 0) is 62.3 Å². The molecule has 10 heteroatoms. The normalized spacial score (nSPS) is 11.6. The van der Waals surface area contributed by atoms with Gasteiger partial charge in [0.2, 0.25) is 0 Å². The zero-order valence-corrected chi connectivity index (χ0v) is 20.1. The molecule has 0 saturated heterocycles. The minimum absolute atomic E-state index is 0. The van der Waals surface area contributed by atoms with Crippen molar-refractivity contribution in [2.45, 2.75) is 80.2 Å². The number of hydrogen-bond acceptors (Lipinski definition) is 9. The number of hydrogen-bond donors (Lipinski definition) is 0. The van der Waals surface area contributed by atoms with Crippen molar-refractivity contribution in [1.29, 1.82) is 0 Å². The van der Waals surface area contributed by atoms with Crippen LogP contribution in [0.1, 0.15) is 62.3 Å². The Labute approximate surface area is 181 Å². The van der Waals surface area contributed by atoms with E-state index in [1.54, 1.807) is 41.5 Å². The first-order valence-corrected chi connectivity index (χ1v) is 9.31. The molecule has 0 aromatic heterocycles. The third kappa shape index (κ3) is 28.4. The molecule has 0 unspecified atom stereocenters. The molecule has 0 rings (SSSR count). The summed E-state index contributed by atoms with van der Waals surface area (Å²) in [6, 6.07) is 0. The first-order chi connectivity index (χ1) is 12.4. The summed E-state index contributed by atoms with van der Waals surface area (Å²) in [5.74, 6) is -4.95. The molecular weight excluding hydrogens is 387 g/mol. The Balaban J connectivity index is -0.000000152. The van der Waals surface area contributed by atoms with Crippen molar-refractivity contribution in [1.82, 2.24) is 0 Å². The quantitative estimate of drug-likeness (QED) is 0.311. The molecule has 0 atom stereocenters. The van der Waals surface area contributed by atoms with Crippen LogP contribution in [0.2, 0.25) is 0 Å². The number of rotatable bonds is 12. The smallest absolute Gasteiger partial charge is 0.807 e. The van der Waals surface area contributed by atoms with Gasteiger partial charge in [-0.25, -0.2) is 0 Å². The van der Waals surface area contributed by atoms with Gasteiger partial charge in [-0.15, -0.1) is 0 Å². The van der Waals surface area contributed by atoms with Gasteiger partial charge >= 0.3 is 17.4 Å². The Morgan fingerprint density at radius 2 is 0.536 bits per heavy atom. The van der Waals surface area contributed by atoms with Crippen LogP contribution in [0, 0.1) is 0 Å². The molecule has 0 aliphatic carbocycles. The van der Waals surface area contributed by atoms with Crippen LogP contribution in [-0.4, -0.2) is 74.9 Å². The molecule has 0 aromatic carbocycles. The third-order valence-corrected chi connectivity index (χ3v) is 2.44. The van der Waals surface area contributed by atoms with Crippen LogP contribution in [-0.2, 0) is 28.4 Å². The number of ether oxygens (including phenoxy) is 6. The maximum absolute atomic E-state index is 10.9. The Morgan fingerprint density at radius 3 is 0.607 bits per heavy atom. The van der Waals surface area contributed by atoms with E-state index in [0.29, 0.717) is 39.6 Å². The zero-order chi connectivity index (χ0) is 22.0. The first kappa shape index (κ1) is 35.6. The molecule has 0 amide bonds. The van der Waals surface area contributed by atoms with E-state index in [2.05, 4.69) is 0 Å². The predicted molar refractivity (Wildman–Crippen MR) is 101 cm³/mol. The maximum Gasteiger partial charge on any atom is 3.00 e. The second kappa shape index (κ2) is 20.4. The van der Waals surface area contributed by atoms with E-state index in [0.717, 1.165) is 0 Å². The molecule has 9 nitrogen and oxygen atoms in total. The molecular formula is C18H39AlO9. The van der Waals surface area contributed by atoms with Crippen LogP contribution in [0.15, 0.2) is 0 Å². The van der Waals surface area contributed by atoms with E-state index < -0.39 is 17.9 Å². The first-order valence-electron chi connectivity index (χ1n) is 9.31. The third-order valence-electron chi connectivity index (χ3n) is 2.44. The molecule has 0 aliphatic rings. The Morgan fingerprint density at radius 1 is 0.429 bits per heavy atom. The summed E-state index contributed by atoms with van der Waals surface area (Å²) in [6.45, 7) is 17.0. The molecule has 0 aliphatic heterocycles. The molecule has 0 radical (unpaired) electrons. The molecule has 0 aromatic rings. The van der Waals surface area contributed by atoms with Gasteiger partial charge in [-0.2, -0.15) is 0 Å². The fourth-order valence-electron chi connectivity index (χ4n) is 1.70. The summed E-state index contributed by atoms with van der Waals surface area (Å²) in [5, 5.41) is 32.6. The van der Waals surface area contributed by atoms with Crippen molar-refractivity contribution < 1.29 is 43.7 Å². The van der Waals surface area contributed by atoms with Crippen LogP contribution >= 0.6 is 0 Å². The van der Waals surface area contributed by atoms with Crippen molar-refractivity contribution in [2.24, 2.45) is 0 Å². The summed E-state index contributed by atoms with van der Waals surface area (Å²) in [5.41, 5.74) is 0. The van der Waals surface area contributed by atoms with E-state index in [9.17, 15) is 15.3 Å². The van der Waals surface area contributed by atoms with Crippen LogP contribution < -0.4 is 15.3 Å². The minimum Gasteiger partial charge on any atom is -0.807 e. The summed E-state index contributed by atoms with van der Waals surface area (Å²) >= 11 is 0. The van der Waals surface area contributed by atoms with E-state index in [1.807, 2.05) is 0 Å². The summed E-state index contributed by atoms with van der Waals surface area (Å²) in [7, 11) is 0. The molecule has 0 bridgehead atoms. The fourth-order valence-corrected chi connectivity index (χ4v) is 1.70. The van der Waals surface area contributed by atoms with Crippen LogP contribution in [0.25, 0.3) is 0 Å². The molecule has 0 N–H and O–H groups in total. The van der Waals surface area contributed by atoms with Gasteiger partial charge in [-0.3, -0.25) is 0 Å². The maximum atomic E-state index is 10.9. The Kier molecular flexibility index (Phi) is 26.0. The van der Waals surface area contributed by atoms with Crippen molar-refractivity contribution in [2.75, 3.05) is 39.6 Å². The summed E-state index contributed by atoms with van der Waals surface area (Å²) in [6.07, 6.45) is 0. The van der Waals surface area contributed by atoms with Crippen LogP contribution in [0.4, 0.5) is 0 Å². The zero-order valence-electron chi connectivity index (χ0n) is 19.0. The molecule has 0 spiro atoms. The van der Waals surface area contributed by atoms with E-state index in [1.165, 1.54) is 20.8 Å². The predicted octanol–water partition coefficient (Wildman–Crippen LogP) is -0.101. The van der Waals surface area contributed by atoms with E-state index >= 15 is 0 Å². The minimum atomic E-state index is -1.65. The monoisotopic (exact) mass is 426 g/mol. The van der Waals surface area contributed by atoms with Gasteiger partial charge in [0.15, 0.2) is 0 Å². The van der Waals surface area contributed by atoms with Crippen molar-refractivity contribution in [3.8, 4) is 0 Å². The van der Waals surface area contributed by atoms with Crippen molar-refractivity contribution >= 4 is 17.4 Å². The molecule has 0 saturated carbocycles. The Bertz CT molecular complexity index is 242. The fraction of sp³-hybridized carbons (Fsp3) is 1.00. The second-order valence-electron chi connectivity index (χ2n) is 5.19. The second-order valence-corrected chi connectivity index (χ2v) is 5.19. The van der Waals surface area contributed by atoms with E-state index in [4.69, 9.17) is 28.4 Å². The van der Waals surface area contributed by atoms with Crippen molar-refractivity contribution in [3.63, 3.8) is 0 Å². The molecule has 28 heavy (non-hydrogen) atoms. The Hall–Kier alpha value is 0.172. The van der Waals surface area contributed by atoms with Crippen LogP contribution in [0.5, 0.6) is 0 Å². The van der Waals surface area contributed by atoms with Gasteiger partial charge < -0.3 is 43.7 Å². The van der Waals surface area contributed by atoms with Gasteiger partial charge in [0, 0.05) is 39.6 Å². The molecule has 0 fully saturated rings. The van der Waals surface area contributed by atoms with Gasteiger partial charge in [0.25, 0.3) is 0 Å². The average molecular weight is 426 g/mol. The van der Waals surface area contributed by atoms with Gasteiger partial charge in [0.05, 0.1) is 17.9 Å². The van der Waals surface area contributed by atoms with Gasteiger partial charge in [0.1, 0.15) is 0 Å². The summed E-state index contributed by atoms with van der Waals surface area (Å²) in [4.78, 5) is 0. The standard InChI is InChI=1S/3C6H13O3.Al/c3*1-4-8-6(3,7)9-5-2;/h3*4-5H2,1-3H3;/q3*-1;+3. The molecule has 0 heterocycles. The average Bonchev–Trinajstić information content (AvgIpc) is 2.47. The topological polar surface area (TPSA) is 125 Å². The summed E-state index contributed by atoms with van der Waals surface area (Å²) < 4.78 is 28.2. The largest absolute Gasteiger partial charge is 3.00 e. The van der Waals surface area contributed by atoms with E-state index in [-0.39, 0.29) is 17.4 Å². The van der Waals surface area contributed by atoms with Gasteiger partial charge in [-0.1, -0.05) is 0 Å². The van der Waals surface area contributed by atoms with Crippen LogP contribution in [0.3, 0.4) is 0 Å².